The lowest BCUT2D eigenvalue weighted by Crippen LogP contribution is -2.16. The lowest BCUT2D eigenvalue weighted by atomic mass is 10.2. The van der Waals surface area contributed by atoms with Crippen LogP contribution in [0.1, 0.15) is 21.7 Å². The molecule has 0 radical (unpaired) electrons. The highest BCUT2D eigenvalue weighted by Crippen LogP contribution is 2.21. The summed E-state index contributed by atoms with van der Waals surface area (Å²) in [5.41, 5.74) is 1.85. The highest BCUT2D eigenvalue weighted by molar-refractivity contribution is 9.10. The number of amides is 1. The van der Waals surface area contributed by atoms with E-state index in [4.69, 9.17) is 11.6 Å². The molecule has 1 N–H and O–H groups in total. The standard InChI is InChI=1S/C12H10BrClN4O/c1-6-7(2)17-18-12(15-6)16-11(19)9-5-8(14)3-4-10(9)13/h3-5H,1-2H3,(H,15,16,18,19). The van der Waals surface area contributed by atoms with Crippen molar-refractivity contribution in [2.45, 2.75) is 13.8 Å². The average molecular weight is 342 g/mol. The van der Waals surface area contributed by atoms with Gasteiger partial charge in [0.1, 0.15) is 0 Å². The smallest absolute Gasteiger partial charge is 0.259 e. The zero-order chi connectivity index (χ0) is 14.0. The number of carbonyl (C=O) groups is 1. The second-order valence-electron chi connectivity index (χ2n) is 3.88. The van der Waals surface area contributed by atoms with Gasteiger partial charge in [0.05, 0.1) is 17.0 Å². The molecule has 5 nitrogen and oxygen atoms in total. The molecule has 2 rings (SSSR count). The van der Waals surface area contributed by atoms with E-state index in [9.17, 15) is 4.79 Å². The molecule has 19 heavy (non-hydrogen) atoms. The molecule has 1 heterocycles. The molecule has 0 fully saturated rings. The molecule has 0 aliphatic carbocycles. The number of benzene rings is 1. The number of aromatic nitrogens is 3. The van der Waals surface area contributed by atoms with Crippen LogP contribution in [-0.2, 0) is 0 Å². The first-order valence-electron chi connectivity index (χ1n) is 5.41. The molecule has 0 spiro atoms. The van der Waals surface area contributed by atoms with Crippen molar-refractivity contribution >= 4 is 39.4 Å². The van der Waals surface area contributed by atoms with E-state index in [1.807, 2.05) is 0 Å². The van der Waals surface area contributed by atoms with Crippen molar-refractivity contribution in [1.29, 1.82) is 0 Å². The minimum Gasteiger partial charge on any atom is -0.289 e. The lowest BCUT2D eigenvalue weighted by molar-refractivity contribution is 0.102. The van der Waals surface area contributed by atoms with Gasteiger partial charge in [0, 0.05) is 9.50 Å². The molecule has 1 aromatic carbocycles. The van der Waals surface area contributed by atoms with Crippen LogP contribution in [0, 0.1) is 13.8 Å². The average Bonchev–Trinajstić information content (AvgIpc) is 2.36. The molecular formula is C12H10BrClN4O. The molecule has 0 saturated carbocycles. The summed E-state index contributed by atoms with van der Waals surface area (Å²) in [6.45, 7) is 3.60. The van der Waals surface area contributed by atoms with Crippen molar-refractivity contribution in [3.8, 4) is 0 Å². The summed E-state index contributed by atoms with van der Waals surface area (Å²) in [5, 5.41) is 10.8. The minimum atomic E-state index is -0.348. The topological polar surface area (TPSA) is 67.8 Å². The Kier molecular flexibility index (Phi) is 4.11. The Morgan fingerprint density at radius 3 is 2.68 bits per heavy atom. The quantitative estimate of drug-likeness (QED) is 0.911. The first-order valence-corrected chi connectivity index (χ1v) is 6.59. The second kappa shape index (κ2) is 5.63. The third-order valence-corrected chi connectivity index (χ3v) is 3.42. The number of nitrogens with one attached hydrogen (secondary N) is 1. The molecule has 7 heteroatoms. The van der Waals surface area contributed by atoms with Gasteiger partial charge in [-0.25, -0.2) is 4.98 Å². The molecule has 0 aliphatic rings. The maximum absolute atomic E-state index is 12.1. The van der Waals surface area contributed by atoms with Gasteiger partial charge in [-0.2, -0.15) is 5.10 Å². The SMILES string of the molecule is Cc1nnc(NC(=O)c2cc(Cl)ccc2Br)nc1C. The second-order valence-corrected chi connectivity index (χ2v) is 5.18. The van der Waals surface area contributed by atoms with Gasteiger partial charge in [-0.05, 0) is 48.0 Å². The summed E-state index contributed by atoms with van der Waals surface area (Å²) in [6.07, 6.45) is 0. The van der Waals surface area contributed by atoms with Crippen LogP contribution < -0.4 is 5.32 Å². The van der Waals surface area contributed by atoms with E-state index in [0.717, 1.165) is 11.4 Å². The van der Waals surface area contributed by atoms with E-state index in [1.54, 1.807) is 32.0 Å². The monoisotopic (exact) mass is 340 g/mol. The Morgan fingerprint density at radius 1 is 1.26 bits per heavy atom. The fraction of sp³-hybridized carbons (Fsp3) is 0.167. The fourth-order valence-corrected chi connectivity index (χ4v) is 1.95. The molecule has 0 aliphatic heterocycles. The van der Waals surface area contributed by atoms with E-state index in [2.05, 4.69) is 36.4 Å². The third kappa shape index (κ3) is 3.27. The van der Waals surface area contributed by atoms with Crippen LogP contribution in [0.25, 0.3) is 0 Å². The van der Waals surface area contributed by atoms with Gasteiger partial charge in [0.15, 0.2) is 0 Å². The van der Waals surface area contributed by atoms with Gasteiger partial charge < -0.3 is 0 Å². The normalized spacial score (nSPS) is 10.3. The number of hydrogen-bond donors (Lipinski definition) is 1. The molecule has 0 bridgehead atoms. The Balaban J connectivity index is 2.25. The van der Waals surface area contributed by atoms with E-state index >= 15 is 0 Å². The van der Waals surface area contributed by atoms with E-state index < -0.39 is 0 Å². The van der Waals surface area contributed by atoms with E-state index in [0.29, 0.717) is 15.1 Å². The maximum atomic E-state index is 12.1. The fourth-order valence-electron chi connectivity index (χ4n) is 1.35. The number of halogens is 2. The molecule has 0 saturated heterocycles. The number of carbonyl (C=O) groups excluding carboxylic acids is 1. The van der Waals surface area contributed by atoms with Gasteiger partial charge in [0.2, 0.25) is 5.95 Å². The van der Waals surface area contributed by atoms with Gasteiger partial charge in [-0.1, -0.05) is 11.6 Å². The number of aryl methyl sites for hydroxylation is 2. The van der Waals surface area contributed by atoms with E-state index in [-0.39, 0.29) is 11.9 Å². The van der Waals surface area contributed by atoms with Crippen molar-refractivity contribution < 1.29 is 4.79 Å². The number of anilines is 1. The summed E-state index contributed by atoms with van der Waals surface area (Å²) >= 11 is 9.16. The van der Waals surface area contributed by atoms with Crippen LogP contribution >= 0.6 is 27.5 Å². The summed E-state index contributed by atoms with van der Waals surface area (Å²) in [4.78, 5) is 16.2. The predicted molar refractivity (Wildman–Crippen MR) is 76.4 cm³/mol. The summed E-state index contributed by atoms with van der Waals surface area (Å²) < 4.78 is 0.645. The van der Waals surface area contributed by atoms with Crippen molar-refractivity contribution in [2.75, 3.05) is 5.32 Å². The molecule has 1 aromatic heterocycles. The first-order chi connectivity index (χ1) is 8.97. The van der Waals surface area contributed by atoms with Crippen molar-refractivity contribution in [1.82, 2.24) is 15.2 Å². The maximum Gasteiger partial charge on any atom is 0.259 e. The molecule has 98 valence electrons. The van der Waals surface area contributed by atoms with Gasteiger partial charge in [-0.3, -0.25) is 10.1 Å². The Hall–Kier alpha value is -1.53. The summed E-state index contributed by atoms with van der Waals surface area (Å²) in [5.74, 6) is -0.181. The van der Waals surface area contributed by atoms with Crippen LogP contribution in [0.3, 0.4) is 0 Å². The zero-order valence-electron chi connectivity index (χ0n) is 10.2. The molecule has 0 unspecified atom stereocenters. The minimum absolute atomic E-state index is 0.167. The van der Waals surface area contributed by atoms with E-state index in [1.165, 1.54) is 0 Å². The van der Waals surface area contributed by atoms with Crippen LogP contribution in [0.4, 0.5) is 5.95 Å². The third-order valence-electron chi connectivity index (χ3n) is 2.49. The molecular weight excluding hydrogens is 332 g/mol. The number of hydrogen-bond acceptors (Lipinski definition) is 4. The molecule has 1 amide bonds. The summed E-state index contributed by atoms with van der Waals surface area (Å²) in [7, 11) is 0. The number of rotatable bonds is 2. The van der Waals surface area contributed by atoms with Crippen LogP contribution in [0.2, 0.25) is 5.02 Å². The molecule has 2 aromatic rings. The van der Waals surface area contributed by atoms with Crippen molar-refractivity contribution in [2.24, 2.45) is 0 Å². The lowest BCUT2D eigenvalue weighted by Gasteiger charge is -2.06. The van der Waals surface area contributed by atoms with Crippen LogP contribution in [-0.4, -0.2) is 21.1 Å². The van der Waals surface area contributed by atoms with Crippen molar-refractivity contribution in [3.63, 3.8) is 0 Å². The van der Waals surface area contributed by atoms with Gasteiger partial charge >= 0.3 is 0 Å². The highest BCUT2D eigenvalue weighted by atomic mass is 79.9. The Morgan fingerprint density at radius 2 is 2.00 bits per heavy atom. The Bertz CT molecular complexity index is 648. The largest absolute Gasteiger partial charge is 0.289 e. The predicted octanol–water partition coefficient (Wildman–Crippen LogP) is 3.16. The first kappa shape index (κ1) is 13.9. The highest BCUT2D eigenvalue weighted by Gasteiger charge is 2.13. The van der Waals surface area contributed by atoms with Crippen molar-refractivity contribution in [3.05, 3.63) is 44.6 Å². The van der Waals surface area contributed by atoms with Crippen LogP contribution in [0.15, 0.2) is 22.7 Å². The van der Waals surface area contributed by atoms with Gasteiger partial charge in [0.25, 0.3) is 5.91 Å². The molecule has 0 atom stereocenters. The Labute approximate surface area is 123 Å². The summed E-state index contributed by atoms with van der Waals surface area (Å²) in [6, 6.07) is 4.96. The zero-order valence-corrected chi connectivity index (χ0v) is 12.6. The van der Waals surface area contributed by atoms with Gasteiger partial charge in [-0.15, -0.1) is 5.10 Å². The van der Waals surface area contributed by atoms with Crippen LogP contribution in [0.5, 0.6) is 0 Å². The number of nitrogens with zero attached hydrogens (tertiary/aromatic N) is 3.